The Morgan fingerprint density at radius 1 is 1.55 bits per heavy atom. The second kappa shape index (κ2) is 4.49. The number of aromatic amines is 1. The molecular formula is C7H12N2O2. The highest BCUT2D eigenvalue weighted by Gasteiger charge is 1.90. The summed E-state index contributed by atoms with van der Waals surface area (Å²) in [5, 5.41) is 8.66. The molecule has 11 heavy (non-hydrogen) atoms. The van der Waals surface area contributed by atoms with Crippen molar-refractivity contribution in [3.05, 3.63) is 22.2 Å². The average molecular weight is 156 g/mol. The second-order valence-corrected chi connectivity index (χ2v) is 1.69. The van der Waals surface area contributed by atoms with Crippen LogP contribution in [0.5, 0.6) is 5.88 Å². The van der Waals surface area contributed by atoms with Crippen LogP contribution in [0.1, 0.15) is 19.7 Å². The van der Waals surface area contributed by atoms with Gasteiger partial charge in [-0.15, -0.1) is 0 Å². The molecule has 0 aliphatic carbocycles. The summed E-state index contributed by atoms with van der Waals surface area (Å²) in [5.74, 6) is 0.177. The minimum absolute atomic E-state index is 0.240. The molecule has 0 aliphatic heterocycles. The quantitative estimate of drug-likeness (QED) is 0.584. The molecule has 4 nitrogen and oxygen atoms in total. The fourth-order valence-corrected chi connectivity index (χ4v) is 0.564. The van der Waals surface area contributed by atoms with Crippen molar-refractivity contribution in [3.8, 4) is 5.88 Å². The number of nitrogens with zero attached hydrogens (tertiary/aromatic N) is 1. The van der Waals surface area contributed by atoms with Crippen molar-refractivity contribution in [2.24, 2.45) is 0 Å². The molecule has 0 spiro atoms. The lowest BCUT2D eigenvalue weighted by molar-refractivity contribution is 0.449. The Morgan fingerprint density at radius 2 is 2.09 bits per heavy atom. The zero-order valence-corrected chi connectivity index (χ0v) is 6.88. The third-order valence-corrected chi connectivity index (χ3v) is 0.847. The molecule has 0 saturated carbocycles. The van der Waals surface area contributed by atoms with E-state index in [1.807, 2.05) is 13.8 Å². The molecule has 4 heteroatoms. The van der Waals surface area contributed by atoms with E-state index in [-0.39, 0.29) is 11.4 Å². The van der Waals surface area contributed by atoms with Gasteiger partial charge in [-0.3, -0.25) is 4.79 Å². The Hall–Kier alpha value is -1.32. The van der Waals surface area contributed by atoms with E-state index in [2.05, 4.69) is 9.97 Å². The second-order valence-electron chi connectivity index (χ2n) is 1.69. The largest absolute Gasteiger partial charge is 0.493 e. The monoisotopic (exact) mass is 156 g/mol. The van der Waals surface area contributed by atoms with Crippen LogP contribution in [0, 0.1) is 6.92 Å². The summed E-state index contributed by atoms with van der Waals surface area (Å²) in [6.07, 6.45) is 0. The normalized spacial score (nSPS) is 8.27. The molecule has 0 fully saturated rings. The molecule has 1 rings (SSSR count). The molecule has 2 N–H and O–H groups in total. The minimum Gasteiger partial charge on any atom is -0.493 e. The summed E-state index contributed by atoms with van der Waals surface area (Å²) < 4.78 is 0. The number of aryl methyl sites for hydroxylation is 1. The number of H-pyrrole nitrogens is 1. The number of nitrogens with one attached hydrogen (secondary N) is 1. The van der Waals surface area contributed by atoms with Gasteiger partial charge in [0.15, 0.2) is 0 Å². The molecule has 0 bridgehead atoms. The first-order valence-electron chi connectivity index (χ1n) is 3.45. The molecule has 0 radical (unpaired) electrons. The van der Waals surface area contributed by atoms with E-state index in [9.17, 15) is 4.79 Å². The highest BCUT2D eigenvalue weighted by atomic mass is 16.3. The van der Waals surface area contributed by atoms with Gasteiger partial charge in [-0.2, -0.15) is 0 Å². The van der Waals surface area contributed by atoms with Crippen LogP contribution in [0.3, 0.4) is 0 Å². The van der Waals surface area contributed by atoms with Gasteiger partial charge >= 0.3 is 0 Å². The predicted octanol–water partition coefficient (Wildman–Crippen LogP) is 0.810. The van der Waals surface area contributed by atoms with Crippen LogP contribution < -0.4 is 5.56 Å². The number of rotatable bonds is 0. The van der Waals surface area contributed by atoms with Crippen molar-refractivity contribution < 1.29 is 5.11 Å². The molecule has 1 aromatic heterocycles. The van der Waals surface area contributed by atoms with Crippen molar-refractivity contribution >= 4 is 0 Å². The molecule has 1 aromatic rings. The fraction of sp³-hybridized carbons (Fsp3) is 0.429. The van der Waals surface area contributed by atoms with Crippen molar-refractivity contribution in [1.82, 2.24) is 9.97 Å². The molecule has 1 heterocycles. The highest BCUT2D eigenvalue weighted by Crippen LogP contribution is 1.94. The summed E-state index contributed by atoms with van der Waals surface area (Å²) in [6, 6.07) is 1.02. The summed E-state index contributed by atoms with van der Waals surface area (Å²) in [6.45, 7) is 5.60. The van der Waals surface area contributed by atoms with Crippen LogP contribution in [-0.4, -0.2) is 15.1 Å². The van der Waals surface area contributed by atoms with Gasteiger partial charge in [0, 0.05) is 0 Å². The lowest BCUT2D eigenvalue weighted by atomic mass is 10.6. The van der Waals surface area contributed by atoms with Gasteiger partial charge in [0.25, 0.3) is 5.56 Å². The molecular weight excluding hydrogens is 144 g/mol. The Labute approximate surface area is 64.9 Å². The number of hydrogen-bond donors (Lipinski definition) is 2. The van der Waals surface area contributed by atoms with Gasteiger partial charge in [0.05, 0.1) is 6.07 Å². The molecule has 0 saturated heterocycles. The van der Waals surface area contributed by atoms with Crippen LogP contribution in [0.2, 0.25) is 0 Å². The Morgan fingerprint density at radius 3 is 2.45 bits per heavy atom. The average Bonchev–Trinajstić information content (AvgIpc) is 1.88. The first kappa shape index (κ1) is 9.68. The highest BCUT2D eigenvalue weighted by molar-refractivity contribution is 5.05. The fourth-order valence-electron chi connectivity index (χ4n) is 0.564. The first-order chi connectivity index (χ1) is 5.18. The van der Waals surface area contributed by atoms with E-state index in [0.717, 1.165) is 6.07 Å². The first-order valence-corrected chi connectivity index (χ1v) is 3.45. The van der Waals surface area contributed by atoms with Crippen LogP contribution >= 0.6 is 0 Å². The third-order valence-electron chi connectivity index (χ3n) is 0.847. The molecule has 0 amide bonds. The Balaban J connectivity index is 0.000000461. The van der Waals surface area contributed by atoms with Gasteiger partial charge in [-0.25, -0.2) is 4.98 Å². The van der Waals surface area contributed by atoms with Crippen molar-refractivity contribution in [3.63, 3.8) is 0 Å². The van der Waals surface area contributed by atoms with E-state index >= 15 is 0 Å². The van der Waals surface area contributed by atoms with Crippen molar-refractivity contribution in [1.29, 1.82) is 0 Å². The van der Waals surface area contributed by atoms with E-state index in [1.54, 1.807) is 6.92 Å². The third kappa shape index (κ3) is 3.40. The summed E-state index contributed by atoms with van der Waals surface area (Å²) in [4.78, 5) is 16.4. The molecule has 0 atom stereocenters. The van der Waals surface area contributed by atoms with Gasteiger partial charge < -0.3 is 10.1 Å². The summed E-state index contributed by atoms with van der Waals surface area (Å²) >= 11 is 0. The van der Waals surface area contributed by atoms with Crippen molar-refractivity contribution in [2.45, 2.75) is 20.8 Å². The maximum Gasteiger partial charge on any atom is 0.254 e. The molecule has 0 aromatic carbocycles. The van der Waals surface area contributed by atoms with Crippen LogP contribution in [-0.2, 0) is 0 Å². The number of aromatic nitrogens is 2. The van der Waals surface area contributed by atoms with Gasteiger partial charge in [0.1, 0.15) is 5.82 Å². The zero-order valence-electron chi connectivity index (χ0n) is 6.88. The molecule has 0 unspecified atom stereocenters. The van der Waals surface area contributed by atoms with Gasteiger partial charge in [0.2, 0.25) is 5.88 Å². The molecule has 62 valence electrons. The van der Waals surface area contributed by atoms with Gasteiger partial charge in [-0.05, 0) is 6.92 Å². The van der Waals surface area contributed by atoms with E-state index in [4.69, 9.17) is 5.11 Å². The van der Waals surface area contributed by atoms with E-state index in [0.29, 0.717) is 5.82 Å². The standard InChI is InChI=1S/C5H6N2O2.C2H6/c1-3-6-4(8)2-5(9)7-3;1-2/h2H,1H3,(H2,6,7,8,9);1-2H3. The van der Waals surface area contributed by atoms with Crippen LogP contribution in [0.15, 0.2) is 10.9 Å². The maximum absolute atomic E-state index is 10.5. The number of aromatic hydroxyl groups is 1. The van der Waals surface area contributed by atoms with E-state index < -0.39 is 0 Å². The number of hydrogen-bond acceptors (Lipinski definition) is 3. The minimum atomic E-state index is -0.333. The summed E-state index contributed by atoms with van der Waals surface area (Å²) in [5.41, 5.74) is -0.333. The SMILES string of the molecule is CC.Cc1nc(O)cc(=O)[nH]1. The molecule has 0 aliphatic rings. The van der Waals surface area contributed by atoms with Crippen LogP contribution in [0.25, 0.3) is 0 Å². The maximum atomic E-state index is 10.5. The lowest BCUT2D eigenvalue weighted by Gasteiger charge is -1.89. The Bertz CT molecular complexity index is 244. The van der Waals surface area contributed by atoms with Crippen molar-refractivity contribution in [2.75, 3.05) is 0 Å². The lowest BCUT2D eigenvalue weighted by Crippen LogP contribution is -2.06. The zero-order chi connectivity index (χ0) is 8.85. The topological polar surface area (TPSA) is 66.0 Å². The predicted molar refractivity (Wildman–Crippen MR) is 42.6 cm³/mol. The Kier molecular flexibility index (Phi) is 3.95. The smallest absolute Gasteiger partial charge is 0.254 e. The summed E-state index contributed by atoms with van der Waals surface area (Å²) in [7, 11) is 0. The van der Waals surface area contributed by atoms with E-state index in [1.165, 1.54) is 0 Å². The van der Waals surface area contributed by atoms with Gasteiger partial charge in [-0.1, -0.05) is 13.8 Å². The van der Waals surface area contributed by atoms with Crippen LogP contribution in [0.4, 0.5) is 0 Å².